The zero-order valence-corrected chi connectivity index (χ0v) is 19.1. The summed E-state index contributed by atoms with van der Waals surface area (Å²) in [4.78, 5) is 39.2. The van der Waals surface area contributed by atoms with E-state index in [2.05, 4.69) is 5.32 Å². The number of sulfonamides is 1. The normalized spacial score (nSPS) is 18.5. The highest BCUT2D eigenvalue weighted by molar-refractivity contribution is 7.91. The van der Waals surface area contributed by atoms with E-state index in [1.807, 2.05) is 0 Å². The Labute approximate surface area is 195 Å². The van der Waals surface area contributed by atoms with E-state index < -0.39 is 15.9 Å². The van der Waals surface area contributed by atoms with Crippen molar-refractivity contribution in [1.82, 2.24) is 4.31 Å². The Hall–Kier alpha value is -3.14. The lowest BCUT2D eigenvalue weighted by molar-refractivity contribution is -0.120. The molecule has 1 amide bonds. The number of nitrogens with one attached hydrogen (secondary N) is 1. The predicted octanol–water partition coefficient (Wildman–Crippen LogP) is 3.56. The van der Waals surface area contributed by atoms with E-state index in [4.69, 9.17) is 0 Å². The molecule has 7 nitrogen and oxygen atoms in total. The molecule has 3 aromatic rings. The molecule has 0 spiro atoms. The molecule has 0 bridgehead atoms. The number of piperidine rings is 1. The number of hydrogen-bond acceptors (Lipinski definition) is 6. The number of thiophene rings is 1. The number of rotatable bonds is 4. The summed E-state index contributed by atoms with van der Waals surface area (Å²) in [5.74, 6) is -1.51. The zero-order valence-electron chi connectivity index (χ0n) is 17.5. The van der Waals surface area contributed by atoms with Gasteiger partial charge in [-0.2, -0.15) is 4.31 Å². The molecule has 1 fully saturated rings. The highest BCUT2D eigenvalue weighted by atomic mass is 32.2. The van der Waals surface area contributed by atoms with Crippen molar-refractivity contribution in [3.05, 3.63) is 82.2 Å². The molecule has 0 radical (unpaired) electrons. The number of amides is 1. The maximum atomic E-state index is 13.2. The molecule has 2 heterocycles. The van der Waals surface area contributed by atoms with Crippen molar-refractivity contribution in [3.8, 4) is 0 Å². The smallest absolute Gasteiger partial charge is 0.252 e. The molecule has 1 aliphatic heterocycles. The van der Waals surface area contributed by atoms with Crippen molar-refractivity contribution >= 4 is 44.5 Å². The standard InChI is InChI=1S/C24H20N2O5S2/c27-22-16-7-1-2-8-17(16)23(28)21-18(22)9-3-10-19(21)25-24(29)15-6-4-12-26(14-15)33(30,31)20-11-5-13-32-20/h1-3,5,7-11,13,15H,4,6,12,14H2,(H,25,29). The predicted molar refractivity (Wildman–Crippen MR) is 124 cm³/mol. The number of nitrogens with zero attached hydrogens (tertiary/aromatic N) is 1. The minimum atomic E-state index is -3.65. The van der Waals surface area contributed by atoms with Gasteiger partial charge in [-0.3, -0.25) is 14.4 Å². The summed E-state index contributed by atoms with van der Waals surface area (Å²) >= 11 is 1.15. The summed E-state index contributed by atoms with van der Waals surface area (Å²) in [6.07, 6.45) is 1.09. The van der Waals surface area contributed by atoms with Gasteiger partial charge < -0.3 is 5.32 Å². The third-order valence-electron chi connectivity index (χ3n) is 6.05. The number of benzene rings is 2. The Morgan fingerprint density at radius 1 is 0.939 bits per heavy atom. The average molecular weight is 481 g/mol. The van der Waals surface area contributed by atoms with E-state index in [0.717, 1.165) is 11.3 Å². The molecule has 1 N–H and O–H groups in total. The minimum Gasteiger partial charge on any atom is -0.325 e. The topological polar surface area (TPSA) is 101 Å². The van der Waals surface area contributed by atoms with Crippen molar-refractivity contribution in [1.29, 1.82) is 0 Å². The Balaban J connectivity index is 1.40. The van der Waals surface area contributed by atoms with E-state index in [0.29, 0.717) is 30.5 Å². The Morgan fingerprint density at radius 3 is 2.39 bits per heavy atom. The molecule has 33 heavy (non-hydrogen) atoms. The van der Waals surface area contributed by atoms with Gasteiger partial charge in [0, 0.05) is 29.8 Å². The van der Waals surface area contributed by atoms with Crippen molar-refractivity contribution in [2.24, 2.45) is 5.92 Å². The molecule has 1 aromatic heterocycles. The molecule has 168 valence electrons. The van der Waals surface area contributed by atoms with Crippen LogP contribution in [0.5, 0.6) is 0 Å². The first-order valence-electron chi connectivity index (χ1n) is 10.5. The lowest BCUT2D eigenvalue weighted by Crippen LogP contribution is -2.43. The van der Waals surface area contributed by atoms with Gasteiger partial charge in [0.1, 0.15) is 4.21 Å². The van der Waals surface area contributed by atoms with Gasteiger partial charge in [0.15, 0.2) is 11.6 Å². The molecule has 1 unspecified atom stereocenters. The Morgan fingerprint density at radius 2 is 1.67 bits per heavy atom. The van der Waals surface area contributed by atoms with Crippen LogP contribution in [0.1, 0.15) is 44.7 Å². The molecular formula is C24H20N2O5S2. The van der Waals surface area contributed by atoms with Crippen molar-refractivity contribution in [3.63, 3.8) is 0 Å². The number of hydrogen-bond donors (Lipinski definition) is 1. The summed E-state index contributed by atoms with van der Waals surface area (Å²) in [7, 11) is -3.65. The molecular weight excluding hydrogens is 460 g/mol. The largest absolute Gasteiger partial charge is 0.325 e. The second-order valence-electron chi connectivity index (χ2n) is 8.06. The van der Waals surface area contributed by atoms with Gasteiger partial charge in [-0.05, 0) is 30.4 Å². The van der Waals surface area contributed by atoms with Crippen LogP contribution in [0, 0.1) is 5.92 Å². The van der Waals surface area contributed by atoms with Crippen LogP contribution in [0.3, 0.4) is 0 Å². The Kier molecular flexibility index (Phi) is 5.48. The fraction of sp³-hybridized carbons (Fsp3) is 0.208. The lowest BCUT2D eigenvalue weighted by Gasteiger charge is -2.31. The van der Waals surface area contributed by atoms with Gasteiger partial charge in [0.2, 0.25) is 5.91 Å². The fourth-order valence-electron chi connectivity index (χ4n) is 4.40. The summed E-state index contributed by atoms with van der Waals surface area (Å²) < 4.78 is 27.4. The van der Waals surface area contributed by atoms with Crippen molar-refractivity contribution in [2.45, 2.75) is 17.1 Å². The fourth-order valence-corrected chi connectivity index (χ4v) is 7.06. The van der Waals surface area contributed by atoms with Crippen LogP contribution in [0.2, 0.25) is 0 Å². The van der Waals surface area contributed by atoms with Gasteiger partial charge in [-0.15, -0.1) is 11.3 Å². The first-order valence-corrected chi connectivity index (χ1v) is 12.9. The third-order valence-corrected chi connectivity index (χ3v) is 9.29. The first-order chi connectivity index (χ1) is 15.9. The van der Waals surface area contributed by atoms with Gasteiger partial charge in [-0.25, -0.2) is 8.42 Å². The van der Waals surface area contributed by atoms with Crippen LogP contribution in [-0.2, 0) is 14.8 Å². The SMILES string of the molecule is O=C1c2ccccc2C(=O)c2c(NC(=O)C3CCCN(S(=O)(=O)c4cccs4)C3)cccc21. The maximum Gasteiger partial charge on any atom is 0.252 e. The molecule has 0 saturated carbocycles. The molecule has 1 aliphatic carbocycles. The van der Waals surface area contributed by atoms with Crippen molar-refractivity contribution in [2.75, 3.05) is 18.4 Å². The van der Waals surface area contributed by atoms with Crippen LogP contribution in [0.25, 0.3) is 0 Å². The second-order valence-corrected chi connectivity index (χ2v) is 11.2. The van der Waals surface area contributed by atoms with E-state index in [9.17, 15) is 22.8 Å². The van der Waals surface area contributed by atoms with Crippen LogP contribution in [-0.4, -0.2) is 43.3 Å². The minimum absolute atomic E-state index is 0.0663. The van der Waals surface area contributed by atoms with Crippen LogP contribution >= 0.6 is 11.3 Å². The molecule has 2 aliphatic rings. The van der Waals surface area contributed by atoms with Gasteiger partial charge in [-0.1, -0.05) is 42.5 Å². The zero-order chi connectivity index (χ0) is 23.2. The van der Waals surface area contributed by atoms with Crippen molar-refractivity contribution < 1.29 is 22.8 Å². The molecule has 2 aromatic carbocycles. The van der Waals surface area contributed by atoms with Crippen LogP contribution in [0.4, 0.5) is 5.69 Å². The third kappa shape index (κ3) is 3.72. The summed E-state index contributed by atoms with van der Waals surface area (Å²) in [5.41, 5.74) is 1.35. The number of anilines is 1. The van der Waals surface area contributed by atoms with E-state index in [1.165, 1.54) is 4.31 Å². The van der Waals surface area contributed by atoms with Crippen LogP contribution in [0.15, 0.2) is 64.2 Å². The number of ketones is 2. The quantitative estimate of drug-likeness (QED) is 0.481. The van der Waals surface area contributed by atoms with E-state index >= 15 is 0 Å². The second kappa shape index (κ2) is 8.33. The van der Waals surface area contributed by atoms with Crippen LogP contribution < -0.4 is 5.32 Å². The number of carbonyl (C=O) groups excluding carboxylic acids is 3. The maximum absolute atomic E-state index is 13.2. The molecule has 1 atom stereocenters. The van der Waals surface area contributed by atoms with E-state index in [1.54, 1.807) is 60.0 Å². The van der Waals surface area contributed by atoms with Gasteiger partial charge in [0.25, 0.3) is 10.0 Å². The number of fused-ring (bicyclic) bond motifs is 2. The monoisotopic (exact) mass is 480 g/mol. The number of carbonyl (C=O) groups is 3. The summed E-state index contributed by atoms with van der Waals surface area (Å²) in [6, 6.07) is 14.7. The Bertz CT molecular complexity index is 1380. The van der Waals surface area contributed by atoms with E-state index in [-0.39, 0.29) is 45.0 Å². The summed E-state index contributed by atoms with van der Waals surface area (Å²) in [6.45, 7) is 0.422. The first kappa shape index (κ1) is 21.7. The molecule has 1 saturated heterocycles. The summed E-state index contributed by atoms with van der Waals surface area (Å²) in [5, 5.41) is 4.50. The van der Waals surface area contributed by atoms with Gasteiger partial charge >= 0.3 is 0 Å². The highest BCUT2D eigenvalue weighted by Crippen LogP contribution is 2.33. The van der Waals surface area contributed by atoms with Gasteiger partial charge in [0.05, 0.1) is 17.2 Å². The molecule has 5 rings (SSSR count). The average Bonchev–Trinajstić information content (AvgIpc) is 3.39. The highest BCUT2D eigenvalue weighted by Gasteiger charge is 2.35. The lowest BCUT2D eigenvalue weighted by atomic mass is 9.83. The molecule has 9 heteroatoms.